The normalized spacial score (nSPS) is 13.1. The molecule has 6 nitrogen and oxygen atoms in total. The van der Waals surface area contributed by atoms with Crippen LogP contribution in [0.2, 0.25) is 0 Å². The predicted octanol–water partition coefficient (Wildman–Crippen LogP) is 6.28. The Morgan fingerprint density at radius 1 is 0.946 bits per heavy atom. The number of aromatic nitrogens is 1. The molecule has 37 heavy (non-hydrogen) atoms. The third kappa shape index (κ3) is 4.39. The number of anilines is 2. The number of para-hydroxylation sites is 1. The monoisotopic (exact) mass is 525 g/mol. The van der Waals surface area contributed by atoms with Crippen molar-refractivity contribution in [1.29, 1.82) is 0 Å². The van der Waals surface area contributed by atoms with E-state index in [9.17, 15) is 13.2 Å². The van der Waals surface area contributed by atoms with Gasteiger partial charge in [0.25, 0.3) is 15.9 Å². The van der Waals surface area contributed by atoms with Gasteiger partial charge in [0.05, 0.1) is 20.8 Å². The number of benzene rings is 4. The highest BCUT2D eigenvalue weighted by Gasteiger charge is 2.31. The second-order valence-corrected chi connectivity index (χ2v) is 11.9. The molecule has 0 saturated heterocycles. The van der Waals surface area contributed by atoms with Crippen LogP contribution < -0.4 is 9.62 Å². The molecule has 0 unspecified atom stereocenters. The molecule has 0 saturated carbocycles. The van der Waals surface area contributed by atoms with Gasteiger partial charge in [-0.2, -0.15) is 0 Å². The number of hydrogen-bond acceptors (Lipinski definition) is 5. The van der Waals surface area contributed by atoms with Crippen LogP contribution in [-0.4, -0.2) is 25.9 Å². The molecule has 184 valence electrons. The third-order valence-electron chi connectivity index (χ3n) is 6.46. The van der Waals surface area contributed by atoms with Crippen LogP contribution in [0.4, 0.5) is 11.4 Å². The highest BCUT2D eigenvalue weighted by Crippen LogP contribution is 2.33. The van der Waals surface area contributed by atoms with Crippen molar-refractivity contribution in [2.75, 3.05) is 16.2 Å². The van der Waals surface area contributed by atoms with Gasteiger partial charge in [-0.3, -0.25) is 9.10 Å². The van der Waals surface area contributed by atoms with Crippen molar-refractivity contribution in [2.24, 2.45) is 0 Å². The summed E-state index contributed by atoms with van der Waals surface area (Å²) in [4.78, 5) is 17.8. The second kappa shape index (κ2) is 9.14. The maximum Gasteiger partial charge on any atom is 0.264 e. The van der Waals surface area contributed by atoms with Crippen LogP contribution in [0.1, 0.15) is 21.5 Å². The minimum absolute atomic E-state index is 0.0956. The van der Waals surface area contributed by atoms with E-state index in [0.717, 1.165) is 26.4 Å². The van der Waals surface area contributed by atoms with E-state index in [4.69, 9.17) is 4.98 Å². The number of nitrogens with zero attached hydrogens (tertiary/aromatic N) is 2. The molecule has 1 aliphatic heterocycles. The highest BCUT2D eigenvalue weighted by atomic mass is 32.2. The zero-order chi connectivity index (χ0) is 25.6. The quantitative estimate of drug-likeness (QED) is 0.293. The molecule has 2 heterocycles. The molecule has 5 aromatic rings. The summed E-state index contributed by atoms with van der Waals surface area (Å²) >= 11 is 1.63. The maximum absolute atomic E-state index is 13.4. The summed E-state index contributed by atoms with van der Waals surface area (Å²) in [7, 11) is -3.78. The Kier molecular flexibility index (Phi) is 5.78. The molecule has 6 rings (SSSR count). The van der Waals surface area contributed by atoms with Crippen LogP contribution in [0.5, 0.6) is 0 Å². The van der Waals surface area contributed by atoms with Crippen LogP contribution in [0.25, 0.3) is 20.8 Å². The standard InChI is InChI=1S/C29H23N3O3S2/c1-19-9-14-25-27(17-19)36-29(31-25)21-10-12-23(13-11-21)30-28(33)22-6-4-7-24(18-22)37(34,35)32-16-15-20-5-2-3-8-26(20)32/h2-14,17-18H,15-16H2,1H3,(H,30,33). The molecule has 1 aliphatic rings. The average Bonchev–Trinajstić information content (AvgIpc) is 3.54. The molecular weight excluding hydrogens is 502 g/mol. The number of thiazole rings is 1. The molecule has 4 aromatic carbocycles. The van der Waals surface area contributed by atoms with Gasteiger partial charge in [0.2, 0.25) is 0 Å². The Balaban J connectivity index is 1.20. The Hall–Kier alpha value is -4.01. The first-order valence-corrected chi connectivity index (χ1v) is 14.1. The van der Waals surface area contributed by atoms with Gasteiger partial charge in [0.1, 0.15) is 5.01 Å². The SMILES string of the molecule is Cc1ccc2nc(-c3ccc(NC(=O)c4cccc(S(=O)(=O)N5CCc6ccccc65)c4)cc3)sc2c1. The number of carbonyl (C=O) groups excluding carboxylic acids is 1. The third-order valence-corrected chi connectivity index (χ3v) is 9.34. The summed E-state index contributed by atoms with van der Waals surface area (Å²) in [5.41, 5.74) is 5.73. The molecule has 8 heteroatoms. The number of carbonyl (C=O) groups is 1. The molecular formula is C29H23N3O3S2. The Labute approximate surface area is 219 Å². The molecule has 0 spiro atoms. The van der Waals surface area contributed by atoms with Crippen LogP contribution >= 0.6 is 11.3 Å². The number of aryl methyl sites for hydroxylation is 1. The smallest absolute Gasteiger partial charge is 0.264 e. The lowest BCUT2D eigenvalue weighted by molar-refractivity contribution is 0.102. The molecule has 1 N–H and O–H groups in total. The number of nitrogens with one attached hydrogen (secondary N) is 1. The van der Waals surface area contributed by atoms with Gasteiger partial charge >= 0.3 is 0 Å². The van der Waals surface area contributed by atoms with Crippen molar-refractivity contribution in [1.82, 2.24) is 4.98 Å². The van der Waals surface area contributed by atoms with E-state index in [1.165, 1.54) is 22.0 Å². The van der Waals surface area contributed by atoms with Gasteiger partial charge in [-0.15, -0.1) is 11.3 Å². The topological polar surface area (TPSA) is 79.4 Å². The predicted molar refractivity (Wildman–Crippen MR) is 149 cm³/mol. The van der Waals surface area contributed by atoms with Crippen molar-refractivity contribution in [3.63, 3.8) is 0 Å². The fraction of sp³-hybridized carbons (Fsp3) is 0.103. The summed E-state index contributed by atoms with van der Waals surface area (Å²) in [5, 5.41) is 3.79. The van der Waals surface area contributed by atoms with Gasteiger partial charge in [-0.05, 0) is 85.1 Å². The molecule has 0 radical (unpaired) electrons. The van der Waals surface area contributed by atoms with E-state index < -0.39 is 10.0 Å². The minimum Gasteiger partial charge on any atom is -0.322 e. The zero-order valence-electron chi connectivity index (χ0n) is 20.0. The first kappa shape index (κ1) is 23.4. The molecule has 0 fully saturated rings. The molecule has 0 bridgehead atoms. The minimum atomic E-state index is -3.78. The summed E-state index contributed by atoms with van der Waals surface area (Å²) in [5.74, 6) is -0.373. The van der Waals surface area contributed by atoms with Crippen molar-refractivity contribution in [3.05, 3.63) is 108 Å². The van der Waals surface area contributed by atoms with Gasteiger partial charge in [0.15, 0.2) is 0 Å². The van der Waals surface area contributed by atoms with Gasteiger partial charge in [-0.25, -0.2) is 13.4 Å². The van der Waals surface area contributed by atoms with E-state index in [2.05, 4.69) is 24.4 Å². The lowest BCUT2D eigenvalue weighted by Crippen LogP contribution is -2.29. The Bertz CT molecular complexity index is 1760. The first-order chi connectivity index (χ1) is 17.9. The summed E-state index contributed by atoms with van der Waals surface area (Å²) in [6.07, 6.45) is 0.669. The van der Waals surface area contributed by atoms with Crippen molar-refractivity contribution in [2.45, 2.75) is 18.2 Å². The largest absolute Gasteiger partial charge is 0.322 e. The lowest BCUT2D eigenvalue weighted by atomic mass is 10.2. The van der Waals surface area contributed by atoms with Crippen LogP contribution in [0.15, 0.2) is 95.9 Å². The van der Waals surface area contributed by atoms with Gasteiger partial charge in [0, 0.05) is 23.4 Å². The molecule has 1 amide bonds. The molecule has 0 atom stereocenters. The number of rotatable bonds is 5. The summed E-state index contributed by atoms with van der Waals surface area (Å²) in [6.45, 7) is 2.45. The number of amides is 1. The number of hydrogen-bond donors (Lipinski definition) is 1. The average molecular weight is 526 g/mol. The van der Waals surface area contributed by atoms with Gasteiger partial charge < -0.3 is 5.32 Å². The van der Waals surface area contributed by atoms with Crippen molar-refractivity contribution < 1.29 is 13.2 Å². The van der Waals surface area contributed by atoms with Crippen LogP contribution in [0.3, 0.4) is 0 Å². The van der Waals surface area contributed by atoms with Crippen LogP contribution in [-0.2, 0) is 16.4 Å². The van der Waals surface area contributed by atoms with E-state index >= 15 is 0 Å². The fourth-order valence-corrected chi connectivity index (χ4v) is 7.16. The second-order valence-electron chi connectivity index (χ2n) is 9.01. The Morgan fingerprint density at radius 2 is 1.76 bits per heavy atom. The van der Waals surface area contributed by atoms with Crippen molar-refractivity contribution in [3.8, 4) is 10.6 Å². The van der Waals surface area contributed by atoms with E-state index in [-0.39, 0.29) is 16.4 Å². The number of sulfonamides is 1. The van der Waals surface area contributed by atoms with E-state index in [1.54, 1.807) is 23.5 Å². The molecule has 0 aliphatic carbocycles. The highest BCUT2D eigenvalue weighted by molar-refractivity contribution is 7.92. The lowest BCUT2D eigenvalue weighted by Gasteiger charge is -2.20. The first-order valence-electron chi connectivity index (χ1n) is 11.9. The van der Waals surface area contributed by atoms with E-state index in [0.29, 0.717) is 24.3 Å². The van der Waals surface area contributed by atoms with Gasteiger partial charge in [-0.1, -0.05) is 30.3 Å². The van der Waals surface area contributed by atoms with Crippen LogP contribution in [0, 0.1) is 6.92 Å². The maximum atomic E-state index is 13.4. The molecule has 1 aromatic heterocycles. The zero-order valence-corrected chi connectivity index (χ0v) is 21.6. The Morgan fingerprint density at radius 3 is 2.59 bits per heavy atom. The number of fused-ring (bicyclic) bond motifs is 2. The van der Waals surface area contributed by atoms with E-state index in [1.807, 2.05) is 54.6 Å². The van der Waals surface area contributed by atoms with Crippen molar-refractivity contribution >= 4 is 48.9 Å². The fourth-order valence-electron chi connectivity index (χ4n) is 4.54. The summed E-state index contributed by atoms with van der Waals surface area (Å²) < 4.78 is 29.3. The summed E-state index contributed by atoms with van der Waals surface area (Å²) in [6, 6.07) is 27.4.